The normalized spacial score (nSPS) is 9.89. The minimum atomic E-state index is -1.35. The van der Waals surface area contributed by atoms with Crippen molar-refractivity contribution in [2.75, 3.05) is 0 Å². The fourth-order valence-electron chi connectivity index (χ4n) is 1.79. The summed E-state index contributed by atoms with van der Waals surface area (Å²) in [5, 5.41) is 11.0. The second-order valence-electron chi connectivity index (χ2n) is 3.99. The highest BCUT2D eigenvalue weighted by Gasteiger charge is 2.13. The predicted octanol–water partition coefficient (Wildman–Crippen LogP) is 1.92. The maximum absolute atomic E-state index is 12.3. The van der Waals surface area contributed by atoms with Crippen molar-refractivity contribution in [1.29, 1.82) is 0 Å². The van der Waals surface area contributed by atoms with Gasteiger partial charge in [-0.2, -0.15) is 0 Å². The van der Waals surface area contributed by atoms with E-state index in [0.717, 1.165) is 5.56 Å². The van der Waals surface area contributed by atoms with Crippen LogP contribution in [0.2, 0.25) is 0 Å². The summed E-state index contributed by atoms with van der Waals surface area (Å²) >= 11 is 0. The van der Waals surface area contributed by atoms with E-state index in [1.807, 2.05) is 0 Å². The smallest absolute Gasteiger partial charge is 0.193 e. The summed E-state index contributed by atoms with van der Waals surface area (Å²) in [6.45, 7) is 3.63. The first-order valence-electron chi connectivity index (χ1n) is 5.71. The number of aromatic carboxylic acids is 1. The van der Waals surface area contributed by atoms with Gasteiger partial charge in [-0.15, -0.1) is 0 Å². The van der Waals surface area contributed by atoms with Crippen LogP contribution in [-0.4, -0.2) is 11.8 Å². The summed E-state index contributed by atoms with van der Waals surface area (Å²) in [6.07, 6.45) is 1.67. The van der Waals surface area contributed by atoms with Gasteiger partial charge in [-0.3, -0.25) is 4.79 Å². The molecule has 3 heteroatoms. The molecule has 3 nitrogen and oxygen atoms in total. The molecule has 0 saturated heterocycles. The molecular weight excluding hydrogens is 240 g/mol. The van der Waals surface area contributed by atoms with Crippen LogP contribution in [0.15, 0.2) is 55.1 Å². The molecule has 0 amide bonds. The predicted molar refractivity (Wildman–Crippen MR) is 70.7 cm³/mol. The van der Waals surface area contributed by atoms with Crippen molar-refractivity contribution in [3.63, 3.8) is 0 Å². The standard InChI is InChI=1S/C16H12O3/c1-2-11-7-9-12(10-8-11)15(17)13-5-3-4-6-14(13)16(18)19/h2-10H,1H2,(H,18,19)/p-1. The Labute approximate surface area is 110 Å². The van der Waals surface area contributed by atoms with Gasteiger partial charge in [0.25, 0.3) is 0 Å². The largest absolute Gasteiger partial charge is 0.545 e. The third-order valence-corrected chi connectivity index (χ3v) is 2.80. The molecule has 2 aromatic rings. The van der Waals surface area contributed by atoms with Gasteiger partial charge in [-0.25, -0.2) is 0 Å². The highest BCUT2D eigenvalue weighted by molar-refractivity contribution is 6.14. The highest BCUT2D eigenvalue weighted by atomic mass is 16.4. The molecule has 0 N–H and O–H groups in total. The minimum absolute atomic E-state index is 0.0969. The van der Waals surface area contributed by atoms with E-state index in [1.54, 1.807) is 42.5 Å². The molecule has 0 unspecified atom stereocenters. The van der Waals surface area contributed by atoms with Crippen molar-refractivity contribution in [2.24, 2.45) is 0 Å². The van der Waals surface area contributed by atoms with Gasteiger partial charge in [-0.05, 0) is 5.56 Å². The molecule has 0 aliphatic heterocycles. The third-order valence-electron chi connectivity index (χ3n) is 2.80. The average molecular weight is 251 g/mol. The zero-order valence-electron chi connectivity index (χ0n) is 10.1. The first kappa shape index (κ1) is 12.8. The number of hydrogen-bond donors (Lipinski definition) is 0. The van der Waals surface area contributed by atoms with Crippen molar-refractivity contribution < 1.29 is 14.7 Å². The molecule has 0 saturated carbocycles. The molecule has 19 heavy (non-hydrogen) atoms. The van der Waals surface area contributed by atoms with Crippen molar-refractivity contribution in [2.45, 2.75) is 0 Å². The average Bonchev–Trinajstić information content (AvgIpc) is 2.46. The molecule has 0 aromatic heterocycles. The van der Waals surface area contributed by atoms with E-state index in [-0.39, 0.29) is 16.9 Å². The molecule has 0 atom stereocenters. The Bertz CT molecular complexity index is 639. The number of rotatable bonds is 4. The molecule has 0 radical (unpaired) electrons. The number of carbonyl (C=O) groups is 2. The Kier molecular flexibility index (Phi) is 3.57. The molecule has 0 heterocycles. The fraction of sp³-hybridized carbons (Fsp3) is 0. The van der Waals surface area contributed by atoms with E-state index < -0.39 is 5.97 Å². The molecule has 0 spiro atoms. The van der Waals surface area contributed by atoms with Crippen LogP contribution in [0, 0.1) is 0 Å². The Morgan fingerprint density at radius 3 is 2.05 bits per heavy atom. The van der Waals surface area contributed by atoms with Gasteiger partial charge in [0.05, 0.1) is 5.97 Å². The van der Waals surface area contributed by atoms with E-state index in [1.165, 1.54) is 12.1 Å². The number of benzene rings is 2. The van der Waals surface area contributed by atoms with Crippen LogP contribution >= 0.6 is 0 Å². The number of carboxylic acids is 1. The second-order valence-corrected chi connectivity index (χ2v) is 3.99. The Morgan fingerprint density at radius 2 is 1.53 bits per heavy atom. The highest BCUT2D eigenvalue weighted by Crippen LogP contribution is 2.15. The van der Waals surface area contributed by atoms with Crippen molar-refractivity contribution in [3.8, 4) is 0 Å². The molecule has 0 aliphatic carbocycles. The van der Waals surface area contributed by atoms with Gasteiger partial charge in [0.15, 0.2) is 5.78 Å². The van der Waals surface area contributed by atoms with Gasteiger partial charge in [0.2, 0.25) is 0 Å². The van der Waals surface area contributed by atoms with Crippen LogP contribution in [0.1, 0.15) is 31.8 Å². The Morgan fingerprint density at radius 1 is 0.947 bits per heavy atom. The lowest BCUT2D eigenvalue weighted by molar-refractivity contribution is -0.255. The van der Waals surface area contributed by atoms with Gasteiger partial charge in [-0.1, -0.05) is 61.2 Å². The van der Waals surface area contributed by atoms with Crippen LogP contribution in [0.4, 0.5) is 0 Å². The van der Waals surface area contributed by atoms with Crippen LogP contribution < -0.4 is 5.11 Å². The maximum atomic E-state index is 12.3. The molecule has 2 rings (SSSR count). The van der Waals surface area contributed by atoms with Crippen molar-refractivity contribution >= 4 is 17.8 Å². The molecule has 0 bridgehead atoms. The van der Waals surface area contributed by atoms with Crippen LogP contribution in [0.5, 0.6) is 0 Å². The maximum Gasteiger partial charge on any atom is 0.193 e. The monoisotopic (exact) mass is 251 g/mol. The van der Waals surface area contributed by atoms with Gasteiger partial charge < -0.3 is 9.90 Å². The van der Waals surface area contributed by atoms with E-state index in [9.17, 15) is 14.7 Å². The van der Waals surface area contributed by atoms with E-state index in [2.05, 4.69) is 6.58 Å². The van der Waals surface area contributed by atoms with Gasteiger partial charge in [0, 0.05) is 16.7 Å². The van der Waals surface area contributed by atoms with Crippen LogP contribution in [0.3, 0.4) is 0 Å². The molecule has 94 valence electrons. The van der Waals surface area contributed by atoms with Crippen LogP contribution in [0.25, 0.3) is 6.08 Å². The third kappa shape index (κ3) is 2.60. The quantitative estimate of drug-likeness (QED) is 0.780. The second kappa shape index (κ2) is 5.31. The molecule has 0 aliphatic rings. The number of carboxylic acid groups (broad SMARTS) is 1. The van der Waals surface area contributed by atoms with E-state index in [4.69, 9.17) is 0 Å². The molecule has 0 fully saturated rings. The Balaban J connectivity index is 2.43. The zero-order valence-corrected chi connectivity index (χ0v) is 10.1. The van der Waals surface area contributed by atoms with Crippen molar-refractivity contribution in [1.82, 2.24) is 0 Å². The van der Waals surface area contributed by atoms with Gasteiger partial charge >= 0.3 is 0 Å². The zero-order chi connectivity index (χ0) is 13.8. The number of carbonyl (C=O) groups excluding carboxylic acids is 2. The first-order chi connectivity index (χ1) is 9.13. The van der Waals surface area contributed by atoms with Crippen molar-refractivity contribution in [3.05, 3.63) is 77.4 Å². The SMILES string of the molecule is C=Cc1ccc(C(=O)c2ccccc2C(=O)[O-])cc1. The lowest BCUT2D eigenvalue weighted by Crippen LogP contribution is -2.25. The summed E-state index contributed by atoms with van der Waals surface area (Å²) in [4.78, 5) is 23.2. The lowest BCUT2D eigenvalue weighted by atomic mass is 9.98. The summed E-state index contributed by atoms with van der Waals surface area (Å²) in [7, 11) is 0. The van der Waals surface area contributed by atoms with E-state index >= 15 is 0 Å². The molecule has 2 aromatic carbocycles. The summed E-state index contributed by atoms with van der Waals surface area (Å²) < 4.78 is 0. The summed E-state index contributed by atoms with van der Waals surface area (Å²) in [5.41, 5.74) is 1.36. The number of ketones is 1. The summed E-state index contributed by atoms with van der Waals surface area (Å²) in [6, 6.07) is 12.8. The minimum Gasteiger partial charge on any atom is -0.545 e. The topological polar surface area (TPSA) is 57.2 Å². The van der Waals surface area contributed by atoms with Crippen LogP contribution in [-0.2, 0) is 0 Å². The molecular formula is C16H11O3-. The summed E-state index contributed by atoms with van der Waals surface area (Å²) in [5.74, 6) is -1.69. The fourth-order valence-corrected chi connectivity index (χ4v) is 1.79. The van der Waals surface area contributed by atoms with E-state index in [0.29, 0.717) is 5.56 Å². The Hall–Kier alpha value is -2.68. The lowest BCUT2D eigenvalue weighted by Gasteiger charge is -2.09. The number of hydrogen-bond acceptors (Lipinski definition) is 3. The van der Waals surface area contributed by atoms with Gasteiger partial charge in [0.1, 0.15) is 0 Å². The first-order valence-corrected chi connectivity index (χ1v) is 5.71.